The van der Waals surface area contributed by atoms with Gasteiger partial charge in [-0.05, 0) is 58.6 Å². The van der Waals surface area contributed by atoms with E-state index in [1.807, 2.05) is 20.8 Å². The van der Waals surface area contributed by atoms with E-state index in [9.17, 15) is 14.9 Å². The molecule has 1 atom stereocenters. The lowest BCUT2D eigenvalue weighted by Crippen LogP contribution is -2.42. The fourth-order valence-electron chi connectivity index (χ4n) is 2.97. The number of nitro groups is 1. The molecule has 0 aliphatic carbocycles. The fraction of sp³-hybridized carbons (Fsp3) is 0.611. The fourth-order valence-corrected chi connectivity index (χ4v) is 3.29. The summed E-state index contributed by atoms with van der Waals surface area (Å²) in [5.74, 6) is 0. The molecule has 7 nitrogen and oxygen atoms in total. The minimum atomic E-state index is -0.564. The first kappa shape index (κ1) is 20.3. The van der Waals surface area contributed by atoms with Crippen LogP contribution in [0.25, 0.3) is 0 Å². The Morgan fingerprint density at radius 1 is 1.38 bits per heavy atom. The van der Waals surface area contributed by atoms with E-state index in [-0.39, 0.29) is 17.8 Å². The molecule has 1 heterocycles. The van der Waals surface area contributed by atoms with Crippen molar-refractivity contribution in [3.8, 4) is 0 Å². The van der Waals surface area contributed by atoms with Crippen LogP contribution in [0, 0.1) is 17.0 Å². The average molecular weight is 384 g/mol. The number of halogens is 1. The molecule has 0 bridgehead atoms. The lowest BCUT2D eigenvalue weighted by Gasteiger charge is -2.29. The number of likely N-dealkylation sites (tertiary alicyclic amines) is 1. The number of rotatable bonds is 3. The number of nitrogens with zero attached hydrogens (tertiary/aromatic N) is 2. The number of anilines is 1. The molecule has 0 unspecified atom stereocenters. The molecule has 1 aromatic carbocycles. The number of hydrogen-bond acceptors (Lipinski definition) is 5. The van der Waals surface area contributed by atoms with Crippen molar-refractivity contribution in [3.05, 3.63) is 32.8 Å². The van der Waals surface area contributed by atoms with Gasteiger partial charge in [-0.25, -0.2) is 4.79 Å². The molecule has 0 aromatic heterocycles. The molecule has 1 N–H and O–H groups in total. The summed E-state index contributed by atoms with van der Waals surface area (Å²) < 4.78 is 5.46. The van der Waals surface area contributed by atoms with Gasteiger partial charge in [-0.1, -0.05) is 11.6 Å². The van der Waals surface area contributed by atoms with Crippen LogP contribution in [-0.2, 0) is 4.74 Å². The predicted molar refractivity (Wildman–Crippen MR) is 102 cm³/mol. The number of carbonyl (C=O) groups excluding carboxylic acids is 1. The highest BCUT2D eigenvalue weighted by molar-refractivity contribution is 6.33. The number of amides is 1. The summed E-state index contributed by atoms with van der Waals surface area (Å²) in [5, 5.41) is 14.9. The molecule has 1 saturated heterocycles. The monoisotopic (exact) mass is 383 g/mol. The summed E-state index contributed by atoms with van der Waals surface area (Å²) in [7, 11) is 0. The smallest absolute Gasteiger partial charge is 0.410 e. The Kier molecular flexibility index (Phi) is 6.34. The highest BCUT2D eigenvalue weighted by atomic mass is 35.5. The minimum absolute atomic E-state index is 0.0527. The van der Waals surface area contributed by atoms with Gasteiger partial charge in [0.15, 0.2) is 0 Å². The molecule has 0 spiro atoms. The van der Waals surface area contributed by atoms with Gasteiger partial charge >= 0.3 is 6.09 Å². The minimum Gasteiger partial charge on any atom is -0.444 e. The molecule has 0 saturated carbocycles. The van der Waals surface area contributed by atoms with Crippen molar-refractivity contribution in [1.82, 2.24) is 4.90 Å². The van der Waals surface area contributed by atoms with Gasteiger partial charge in [0, 0.05) is 25.2 Å². The maximum Gasteiger partial charge on any atom is 0.410 e. The first-order valence-corrected chi connectivity index (χ1v) is 9.13. The zero-order chi connectivity index (χ0) is 19.5. The van der Waals surface area contributed by atoms with Gasteiger partial charge in [0.05, 0.1) is 9.95 Å². The molecule has 1 aliphatic rings. The van der Waals surface area contributed by atoms with E-state index in [0.717, 1.165) is 24.8 Å². The molecule has 2 rings (SSSR count). The third kappa shape index (κ3) is 5.49. The van der Waals surface area contributed by atoms with Gasteiger partial charge in [0.1, 0.15) is 11.3 Å². The Morgan fingerprint density at radius 3 is 2.69 bits per heavy atom. The van der Waals surface area contributed by atoms with Crippen molar-refractivity contribution in [3.63, 3.8) is 0 Å². The van der Waals surface area contributed by atoms with Gasteiger partial charge in [0.2, 0.25) is 0 Å². The normalized spacial score (nSPS) is 18.2. The van der Waals surface area contributed by atoms with Gasteiger partial charge in [-0.3, -0.25) is 10.1 Å². The van der Waals surface area contributed by atoms with Gasteiger partial charge in [-0.15, -0.1) is 0 Å². The Hall–Kier alpha value is -2.02. The third-order valence-corrected chi connectivity index (χ3v) is 4.38. The summed E-state index contributed by atoms with van der Waals surface area (Å²) in [5.41, 5.74) is 0.413. The largest absolute Gasteiger partial charge is 0.444 e. The predicted octanol–water partition coefficient (Wildman–Crippen LogP) is 4.76. The van der Waals surface area contributed by atoms with Crippen molar-refractivity contribution in [2.45, 2.75) is 58.6 Å². The SMILES string of the molecule is Cc1cc(Cl)c(N[C@@H]2CCCCN(C(=O)OC(C)(C)C)C2)c([N+](=O)[O-])c1. The summed E-state index contributed by atoms with van der Waals surface area (Å²) in [6, 6.07) is 3.05. The van der Waals surface area contributed by atoms with Crippen LogP contribution in [0.15, 0.2) is 12.1 Å². The topological polar surface area (TPSA) is 84.7 Å². The molecule has 144 valence electrons. The van der Waals surface area contributed by atoms with E-state index in [0.29, 0.717) is 23.8 Å². The van der Waals surface area contributed by atoms with Crippen molar-refractivity contribution < 1.29 is 14.5 Å². The lowest BCUT2D eigenvalue weighted by atomic mass is 10.1. The average Bonchev–Trinajstić information content (AvgIpc) is 2.73. The molecule has 1 aliphatic heterocycles. The third-order valence-electron chi connectivity index (χ3n) is 4.08. The molecule has 0 radical (unpaired) electrons. The summed E-state index contributed by atoms with van der Waals surface area (Å²) >= 11 is 6.25. The number of nitro benzene ring substituents is 1. The van der Waals surface area contributed by atoms with Crippen LogP contribution >= 0.6 is 11.6 Å². The van der Waals surface area contributed by atoms with Crippen molar-refractivity contribution in [2.75, 3.05) is 18.4 Å². The number of benzene rings is 1. The standard InChI is InChI=1S/C18H26ClN3O4/c1-12-9-14(19)16(15(10-12)22(24)25)20-13-7-5-6-8-21(11-13)17(23)26-18(2,3)4/h9-10,13,20H,5-8,11H2,1-4H3/t13-/m1/s1. The van der Waals surface area contributed by atoms with Crippen LogP contribution in [0.2, 0.25) is 5.02 Å². The van der Waals surface area contributed by atoms with Crippen LogP contribution in [0.1, 0.15) is 45.6 Å². The van der Waals surface area contributed by atoms with Gasteiger partial charge < -0.3 is 15.0 Å². The zero-order valence-corrected chi connectivity index (χ0v) is 16.4. The van der Waals surface area contributed by atoms with E-state index in [1.54, 1.807) is 17.9 Å². The highest BCUT2D eigenvalue weighted by Gasteiger charge is 2.28. The van der Waals surface area contributed by atoms with Crippen LogP contribution in [0.3, 0.4) is 0 Å². The van der Waals surface area contributed by atoms with Crippen molar-refractivity contribution >= 4 is 29.1 Å². The molecule has 1 aromatic rings. The van der Waals surface area contributed by atoms with E-state index >= 15 is 0 Å². The molecule has 26 heavy (non-hydrogen) atoms. The highest BCUT2D eigenvalue weighted by Crippen LogP contribution is 2.35. The molecular weight excluding hydrogens is 358 g/mol. The Balaban J connectivity index is 2.19. The molecule has 8 heteroatoms. The summed E-state index contributed by atoms with van der Waals surface area (Å²) in [6.07, 6.45) is 2.20. The number of ether oxygens (including phenoxy) is 1. The number of hydrogen-bond donors (Lipinski definition) is 1. The van der Waals surface area contributed by atoms with Crippen LogP contribution in [0.5, 0.6) is 0 Å². The van der Waals surface area contributed by atoms with Crippen LogP contribution in [0.4, 0.5) is 16.2 Å². The number of nitrogens with one attached hydrogen (secondary N) is 1. The maximum atomic E-state index is 12.4. The van der Waals surface area contributed by atoms with Crippen molar-refractivity contribution in [2.24, 2.45) is 0 Å². The molecular formula is C18H26ClN3O4. The van der Waals surface area contributed by atoms with Gasteiger partial charge in [-0.2, -0.15) is 0 Å². The Morgan fingerprint density at radius 2 is 2.08 bits per heavy atom. The second-order valence-electron chi connectivity index (χ2n) is 7.66. The number of aryl methyl sites for hydroxylation is 1. The van der Waals surface area contributed by atoms with Crippen LogP contribution < -0.4 is 5.32 Å². The maximum absolute atomic E-state index is 12.4. The number of carbonyl (C=O) groups is 1. The first-order valence-electron chi connectivity index (χ1n) is 8.76. The van der Waals surface area contributed by atoms with E-state index in [4.69, 9.17) is 16.3 Å². The Bertz CT molecular complexity index is 688. The quantitative estimate of drug-likeness (QED) is 0.600. The summed E-state index contributed by atoms with van der Waals surface area (Å²) in [4.78, 5) is 25.0. The second-order valence-corrected chi connectivity index (χ2v) is 8.07. The van der Waals surface area contributed by atoms with E-state index in [1.165, 1.54) is 6.07 Å². The van der Waals surface area contributed by atoms with Crippen molar-refractivity contribution in [1.29, 1.82) is 0 Å². The first-order chi connectivity index (χ1) is 12.1. The summed E-state index contributed by atoms with van der Waals surface area (Å²) in [6.45, 7) is 8.27. The van der Waals surface area contributed by atoms with E-state index < -0.39 is 10.5 Å². The van der Waals surface area contributed by atoms with Crippen LogP contribution in [-0.4, -0.2) is 40.6 Å². The zero-order valence-electron chi connectivity index (χ0n) is 15.7. The van der Waals surface area contributed by atoms with E-state index in [2.05, 4.69) is 5.32 Å². The second kappa shape index (κ2) is 8.12. The Labute approximate surface area is 158 Å². The lowest BCUT2D eigenvalue weighted by molar-refractivity contribution is -0.384. The molecule has 1 amide bonds. The molecule has 1 fully saturated rings. The van der Waals surface area contributed by atoms with Gasteiger partial charge in [0.25, 0.3) is 5.69 Å².